The molecule has 0 unspecified atom stereocenters. The second-order valence-electron chi connectivity index (χ2n) is 6.55. The lowest BCUT2D eigenvalue weighted by Crippen LogP contribution is -2.28. The average molecular weight is 441 g/mol. The summed E-state index contributed by atoms with van der Waals surface area (Å²) >= 11 is 2.78. The number of amides is 1. The lowest BCUT2D eigenvalue weighted by molar-refractivity contribution is -0.130. The van der Waals surface area contributed by atoms with Crippen LogP contribution < -0.4 is 0 Å². The fourth-order valence-electron chi connectivity index (χ4n) is 3.21. The van der Waals surface area contributed by atoms with Crippen LogP contribution in [0.3, 0.4) is 0 Å². The van der Waals surface area contributed by atoms with Crippen LogP contribution in [0.25, 0.3) is 11.5 Å². The first-order valence-electron chi connectivity index (χ1n) is 9.16. The first-order valence-corrected chi connectivity index (χ1v) is 11.0. The molecule has 5 heterocycles. The molecule has 152 valence electrons. The van der Waals surface area contributed by atoms with E-state index in [-0.39, 0.29) is 17.7 Å². The van der Waals surface area contributed by atoms with Crippen molar-refractivity contribution in [2.45, 2.75) is 24.6 Å². The number of carbonyl (C=O) groups is 1. The Morgan fingerprint density at radius 2 is 2.17 bits per heavy atom. The van der Waals surface area contributed by atoms with Gasteiger partial charge in [-0.05, 0) is 36.6 Å². The van der Waals surface area contributed by atoms with Crippen LogP contribution in [0, 0.1) is 6.92 Å². The minimum absolute atomic E-state index is 0.116. The van der Waals surface area contributed by atoms with Crippen molar-refractivity contribution in [1.82, 2.24) is 15.2 Å². The van der Waals surface area contributed by atoms with E-state index in [4.69, 9.17) is 13.3 Å². The molecule has 1 aliphatic rings. The van der Waals surface area contributed by atoms with Crippen LogP contribution in [0.5, 0.6) is 0 Å². The highest BCUT2D eigenvalue weighted by Gasteiger charge is 2.35. The van der Waals surface area contributed by atoms with Crippen molar-refractivity contribution in [3.05, 3.63) is 64.6 Å². The zero-order valence-corrected chi connectivity index (χ0v) is 17.5. The van der Waals surface area contributed by atoms with Crippen molar-refractivity contribution in [1.29, 1.82) is 0 Å². The summed E-state index contributed by atoms with van der Waals surface area (Å²) in [7, 11) is 0. The van der Waals surface area contributed by atoms with Crippen LogP contribution in [0.1, 0.15) is 28.9 Å². The van der Waals surface area contributed by atoms with E-state index in [1.807, 2.05) is 36.6 Å². The molecule has 5 rings (SSSR count). The van der Waals surface area contributed by atoms with E-state index in [1.165, 1.54) is 16.8 Å². The van der Waals surface area contributed by atoms with Crippen LogP contribution in [-0.2, 0) is 4.79 Å². The number of aryl methyl sites for hydroxylation is 1. The highest BCUT2D eigenvalue weighted by atomic mass is 32.2. The van der Waals surface area contributed by atoms with Crippen LogP contribution in [-0.4, -0.2) is 32.6 Å². The number of thiophene rings is 1. The van der Waals surface area contributed by atoms with Gasteiger partial charge in [0.15, 0.2) is 0 Å². The van der Waals surface area contributed by atoms with Crippen LogP contribution in [0.2, 0.25) is 0 Å². The quantitative estimate of drug-likeness (QED) is 0.399. The van der Waals surface area contributed by atoms with E-state index in [1.54, 1.807) is 29.9 Å². The highest BCUT2D eigenvalue weighted by molar-refractivity contribution is 7.99. The predicted octanol–water partition coefficient (Wildman–Crippen LogP) is 4.76. The van der Waals surface area contributed by atoms with Gasteiger partial charge in [-0.15, -0.1) is 21.5 Å². The number of hydrazone groups is 1. The van der Waals surface area contributed by atoms with E-state index in [9.17, 15) is 4.79 Å². The Balaban J connectivity index is 1.31. The summed E-state index contributed by atoms with van der Waals surface area (Å²) in [5.41, 5.74) is 1.61. The zero-order valence-electron chi connectivity index (χ0n) is 15.8. The number of hydrogen-bond acceptors (Lipinski definition) is 9. The lowest BCUT2D eigenvalue weighted by Gasteiger charge is -2.19. The number of thioether (sulfide) groups is 1. The molecule has 0 radical (unpaired) electrons. The summed E-state index contributed by atoms with van der Waals surface area (Å²) in [6, 6.07) is 9.15. The standard InChI is InChI=1S/C20H16N4O4S2/c1-12-13(6-8-26-12)19-21-22-20(28-19)30-11-18(25)24-15(16-4-2-7-27-16)10-14(23-24)17-5-3-9-29-17/h2-9,15H,10-11H2,1H3/t15-/m1/s1. The second kappa shape index (κ2) is 7.96. The summed E-state index contributed by atoms with van der Waals surface area (Å²) in [4.78, 5) is 14.0. The Kier molecular flexibility index (Phi) is 5.01. The molecular weight excluding hydrogens is 424 g/mol. The third kappa shape index (κ3) is 3.59. The molecule has 4 aromatic rings. The summed E-state index contributed by atoms with van der Waals surface area (Å²) in [5, 5.41) is 16.5. The summed E-state index contributed by atoms with van der Waals surface area (Å²) in [6.07, 6.45) is 3.78. The van der Waals surface area contributed by atoms with Gasteiger partial charge in [0.05, 0.1) is 34.4 Å². The fraction of sp³-hybridized carbons (Fsp3) is 0.200. The van der Waals surface area contributed by atoms with Crippen molar-refractivity contribution in [3.8, 4) is 11.5 Å². The van der Waals surface area contributed by atoms with Gasteiger partial charge in [0, 0.05) is 6.42 Å². The van der Waals surface area contributed by atoms with Crippen molar-refractivity contribution in [3.63, 3.8) is 0 Å². The van der Waals surface area contributed by atoms with Crippen LogP contribution in [0.4, 0.5) is 0 Å². The maximum Gasteiger partial charge on any atom is 0.277 e. The maximum atomic E-state index is 13.0. The third-order valence-corrected chi connectivity index (χ3v) is 6.38. The molecular formula is C20H16N4O4S2. The maximum absolute atomic E-state index is 13.0. The third-order valence-electron chi connectivity index (χ3n) is 4.66. The van der Waals surface area contributed by atoms with Gasteiger partial charge in [-0.25, -0.2) is 5.01 Å². The summed E-state index contributed by atoms with van der Waals surface area (Å²) in [6.45, 7) is 1.82. The first-order chi connectivity index (χ1) is 14.7. The van der Waals surface area contributed by atoms with Crippen LogP contribution in [0.15, 0.2) is 71.8 Å². The zero-order chi connectivity index (χ0) is 20.5. The molecule has 4 aromatic heterocycles. The van der Waals surface area contributed by atoms with Gasteiger partial charge in [-0.2, -0.15) is 5.10 Å². The number of hydrogen-bond donors (Lipinski definition) is 0. The van der Waals surface area contributed by atoms with Gasteiger partial charge in [-0.3, -0.25) is 4.79 Å². The van der Waals surface area contributed by atoms with Gasteiger partial charge >= 0.3 is 0 Å². The highest BCUT2D eigenvalue weighted by Crippen LogP contribution is 2.35. The number of nitrogens with zero attached hydrogens (tertiary/aromatic N) is 4. The molecule has 0 saturated carbocycles. The SMILES string of the molecule is Cc1occc1-c1nnc(SCC(=O)N2N=C(c3cccs3)C[C@@H]2c2ccco2)o1. The minimum Gasteiger partial charge on any atom is -0.469 e. The molecule has 0 aliphatic carbocycles. The van der Waals surface area contributed by atoms with E-state index >= 15 is 0 Å². The topological polar surface area (TPSA) is 97.9 Å². The molecule has 10 heteroatoms. The Hall–Kier alpha value is -3.11. The van der Waals surface area contributed by atoms with Crippen molar-refractivity contribution in [2.24, 2.45) is 5.10 Å². The van der Waals surface area contributed by atoms with E-state index in [0.29, 0.717) is 29.1 Å². The molecule has 1 atom stereocenters. The van der Waals surface area contributed by atoms with E-state index < -0.39 is 0 Å². The van der Waals surface area contributed by atoms with Gasteiger partial charge in [0.2, 0.25) is 0 Å². The molecule has 0 N–H and O–H groups in total. The first kappa shape index (κ1) is 18.9. The molecule has 0 aromatic carbocycles. The Bertz CT molecular complexity index is 1180. The predicted molar refractivity (Wildman–Crippen MR) is 111 cm³/mol. The van der Waals surface area contributed by atoms with E-state index in [0.717, 1.165) is 16.2 Å². The molecule has 30 heavy (non-hydrogen) atoms. The normalized spacial score (nSPS) is 16.2. The Morgan fingerprint density at radius 3 is 2.90 bits per heavy atom. The largest absolute Gasteiger partial charge is 0.469 e. The molecule has 1 amide bonds. The van der Waals surface area contributed by atoms with Gasteiger partial charge < -0.3 is 13.3 Å². The summed E-state index contributed by atoms with van der Waals surface area (Å²) < 4.78 is 16.5. The molecule has 0 fully saturated rings. The van der Waals surface area contributed by atoms with Crippen molar-refractivity contribution >= 4 is 34.7 Å². The monoisotopic (exact) mass is 440 g/mol. The van der Waals surface area contributed by atoms with Crippen LogP contribution >= 0.6 is 23.1 Å². The van der Waals surface area contributed by atoms with Gasteiger partial charge in [0.25, 0.3) is 17.0 Å². The second-order valence-corrected chi connectivity index (χ2v) is 8.42. The van der Waals surface area contributed by atoms with Crippen molar-refractivity contribution in [2.75, 3.05) is 5.75 Å². The van der Waals surface area contributed by atoms with Gasteiger partial charge in [-0.1, -0.05) is 17.8 Å². The number of aromatic nitrogens is 2. The average Bonchev–Trinajstić information content (AvgIpc) is 3.55. The number of rotatable bonds is 6. The van der Waals surface area contributed by atoms with Gasteiger partial charge in [0.1, 0.15) is 17.6 Å². The minimum atomic E-state index is -0.267. The fourth-order valence-corrected chi connectivity index (χ4v) is 4.54. The number of carbonyl (C=O) groups excluding carboxylic acids is 1. The Morgan fingerprint density at radius 1 is 1.23 bits per heavy atom. The molecule has 0 saturated heterocycles. The molecule has 0 bridgehead atoms. The summed E-state index contributed by atoms with van der Waals surface area (Å²) in [5.74, 6) is 1.72. The number of furan rings is 2. The molecule has 0 spiro atoms. The molecule has 8 nitrogen and oxygen atoms in total. The van der Waals surface area contributed by atoms with Crippen molar-refractivity contribution < 1.29 is 18.0 Å². The lowest BCUT2D eigenvalue weighted by atomic mass is 10.1. The molecule has 1 aliphatic heterocycles. The van der Waals surface area contributed by atoms with E-state index in [2.05, 4.69) is 15.3 Å². The smallest absolute Gasteiger partial charge is 0.277 e. The Labute approximate surface area is 179 Å².